The number of hydrogen-bond acceptors (Lipinski definition) is 2. The lowest BCUT2D eigenvalue weighted by molar-refractivity contribution is -0.103. The molecule has 1 atom stereocenters. The van der Waals surface area contributed by atoms with E-state index in [1.165, 1.54) is 5.57 Å². The summed E-state index contributed by atoms with van der Waals surface area (Å²) in [6.07, 6.45) is 7.11. The summed E-state index contributed by atoms with van der Waals surface area (Å²) in [5.41, 5.74) is 3.06. The highest BCUT2D eigenvalue weighted by Crippen LogP contribution is 2.43. The predicted molar refractivity (Wildman–Crippen MR) is 112 cm³/mol. The van der Waals surface area contributed by atoms with Crippen molar-refractivity contribution >= 4 is 14.6 Å². The van der Waals surface area contributed by atoms with E-state index in [1.807, 2.05) is 0 Å². The molecule has 0 rings (SSSR count). The third kappa shape index (κ3) is 8.38. The SMILES string of the molecule is C=C(C)CCC(CCCCC#CC=O)O[Si](C(C)C)(C(C)C)C(C)C. The zero-order chi connectivity index (χ0) is 19.5. The second kappa shape index (κ2) is 12.5. The Morgan fingerprint density at radius 1 is 1.04 bits per heavy atom. The van der Waals surface area contributed by atoms with Gasteiger partial charge in [-0.3, -0.25) is 4.79 Å². The highest BCUT2D eigenvalue weighted by molar-refractivity contribution is 6.77. The van der Waals surface area contributed by atoms with Crippen LogP contribution >= 0.6 is 0 Å². The van der Waals surface area contributed by atoms with Crippen LogP contribution in [0.1, 0.15) is 87.0 Å². The zero-order valence-electron chi connectivity index (χ0n) is 17.7. The lowest BCUT2D eigenvalue weighted by Crippen LogP contribution is -2.50. The van der Waals surface area contributed by atoms with Gasteiger partial charge in [0.25, 0.3) is 0 Å². The highest BCUT2D eigenvalue weighted by Gasteiger charge is 2.46. The van der Waals surface area contributed by atoms with Crippen molar-refractivity contribution in [2.24, 2.45) is 0 Å². The Kier molecular flexibility index (Phi) is 12.1. The van der Waals surface area contributed by atoms with Crippen molar-refractivity contribution in [3.05, 3.63) is 12.2 Å². The molecule has 144 valence electrons. The Hall–Kier alpha value is -0.853. The van der Waals surface area contributed by atoms with Crippen molar-refractivity contribution in [3.63, 3.8) is 0 Å². The third-order valence-electron chi connectivity index (χ3n) is 5.21. The number of rotatable bonds is 12. The molecule has 25 heavy (non-hydrogen) atoms. The van der Waals surface area contributed by atoms with Crippen LogP contribution in [0.4, 0.5) is 0 Å². The molecule has 0 aliphatic carbocycles. The molecular formula is C22H40O2Si. The highest BCUT2D eigenvalue weighted by atomic mass is 28.4. The van der Waals surface area contributed by atoms with Gasteiger partial charge >= 0.3 is 0 Å². The van der Waals surface area contributed by atoms with Gasteiger partial charge in [-0.1, -0.05) is 53.0 Å². The maximum absolute atomic E-state index is 10.2. The van der Waals surface area contributed by atoms with E-state index in [1.54, 1.807) is 0 Å². The molecule has 0 saturated carbocycles. The molecule has 0 aromatic rings. The summed E-state index contributed by atoms with van der Waals surface area (Å²) in [6, 6.07) is 0. The van der Waals surface area contributed by atoms with E-state index in [9.17, 15) is 4.79 Å². The maximum atomic E-state index is 10.2. The standard InChI is InChI=1S/C22H40O2Si/c1-18(2)15-16-22(14-12-10-9-11-13-17-23)24-25(19(3)4,20(5)6)21(7)8/h17,19-22H,1,9-10,12,14-16H2,2-8H3. The van der Waals surface area contributed by atoms with E-state index in [-0.39, 0.29) is 0 Å². The Morgan fingerprint density at radius 3 is 2.04 bits per heavy atom. The van der Waals surface area contributed by atoms with Crippen LogP contribution in [0.25, 0.3) is 0 Å². The van der Waals surface area contributed by atoms with Gasteiger partial charge in [-0.2, -0.15) is 0 Å². The minimum atomic E-state index is -1.85. The van der Waals surface area contributed by atoms with Gasteiger partial charge < -0.3 is 4.43 Å². The second-order valence-corrected chi connectivity index (χ2v) is 13.6. The fourth-order valence-electron chi connectivity index (χ4n) is 4.07. The molecule has 0 aromatic carbocycles. The number of hydrogen-bond donors (Lipinski definition) is 0. The van der Waals surface area contributed by atoms with Gasteiger partial charge in [-0.05, 0) is 61.6 Å². The number of aldehydes is 1. The van der Waals surface area contributed by atoms with Gasteiger partial charge in [-0.25, -0.2) is 0 Å². The largest absolute Gasteiger partial charge is 0.413 e. The average molecular weight is 365 g/mol. The lowest BCUT2D eigenvalue weighted by atomic mass is 10.0. The van der Waals surface area contributed by atoms with Crippen molar-refractivity contribution in [1.82, 2.24) is 0 Å². The first-order valence-electron chi connectivity index (χ1n) is 9.92. The Morgan fingerprint density at radius 2 is 1.60 bits per heavy atom. The van der Waals surface area contributed by atoms with Crippen LogP contribution in [0.2, 0.25) is 16.6 Å². The molecule has 0 aliphatic rings. The molecular weight excluding hydrogens is 324 g/mol. The molecule has 0 amide bonds. The van der Waals surface area contributed by atoms with E-state index in [2.05, 4.69) is 66.9 Å². The molecule has 0 radical (unpaired) electrons. The van der Waals surface area contributed by atoms with Crippen LogP contribution in [-0.4, -0.2) is 20.7 Å². The molecule has 0 aromatic heterocycles. The van der Waals surface area contributed by atoms with Gasteiger partial charge in [0.1, 0.15) is 0 Å². The number of allylic oxidation sites excluding steroid dienone is 1. The number of carbonyl (C=O) groups excluding carboxylic acids is 1. The summed E-state index contributed by atoms with van der Waals surface area (Å²) in [6.45, 7) is 20.2. The molecule has 3 heteroatoms. The van der Waals surface area contributed by atoms with Gasteiger partial charge in [0.05, 0.1) is 0 Å². The van der Waals surface area contributed by atoms with Crippen molar-refractivity contribution in [2.75, 3.05) is 0 Å². The zero-order valence-corrected chi connectivity index (χ0v) is 18.7. The molecule has 0 N–H and O–H groups in total. The summed E-state index contributed by atoms with van der Waals surface area (Å²) >= 11 is 0. The van der Waals surface area contributed by atoms with Crippen molar-refractivity contribution < 1.29 is 9.22 Å². The third-order valence-corrected chi connectivity index (χ3v) is 11.4. The van der Waals surface area contributed by atoms with Crippen LogP contribution in [0, 0.1) is 11.8 Å². The summed E-state index contributed by atoms with van der Waals surface area (Å²) in [5.74, 6) is 5.39. The monoisotopic (exact) mass is 364 g/mol. The normalized spacial score (nSPS) is 13.0. The fourth-order valence-corrected chi connectivity index (χ4v) is 9.70. The van der Waals surface area contributed by atoms with E-state index < -0.39 is 8.32 Å². The van der Waals surface area contributed by atoms with Gasteiger partial charge in [-0.15, -0.1) is 6.58 Å². The smallest absolute Gasteiger partial charge is 0.200 e. The van der Waals surface area contributed by atoms with Crippen LogP contribution < -0.4 is 0 Å². The van der Waals surface area contributed by atoms with Crippen molar-refractivity contribution in [3.8, 4) is 11.8 Å². The van der Waals surface area contributed by atoms with Crippen LogP contribution in [0.5, 0.6) is 0 Å². The Labute approximate surface area is 157 Å². The lowest BCUT2D eigenvalue weighted by Gasteiger charge is -2.45. The topological polar surface area (TPSA) is 26.3 Å². The van der Waals surface area contributed by atoms with Gasteiger partial charge in [0.2, 0.25) is 8.32 Å². The van der Waals surface area contributed by atoms with Crippen LogP contribution in [0.3, 0.4) is 0 Å². The molecule has 2 nitrogen and oxygen atoms in total. The molecule has 0 aliphatic heterocycles. The summed E-state index contributed by atoms with van der Waals surface area (Å²) in [5, 5.41) is 0. The molecule has 1 unspecified atom stereocenters. The first kappa shape index (κ1) is 24.1. The minimum Gasteiger partial charge on any atom is -0.413 e. The number of unbranched alkanes of at least 4 members (excludes halogenated alkanes) is 2. The summed E-state index contributed by atoms with van der Waals surface area (Å²) < 4.78 is 7.01. The molecule has 0 spiro atoms. The van der Waals surface area contributed by atoms with Gasteiger partial charge in [0, 0.05) is 12.5 Å². The Balaban J connectivity index is 5.03. The van der Waals surface area contributed by atoms with Gasteiger partial charge in [0.15, 0.2) is 6.29 Å². The average Bonchev–Trinajstić information content (AvgIpc) is 2.51. The molecule has 0 heterocycles. The second-order valence-electron chi connectivity index (χ2n) is 8.24. The molecule has 0 fully saturated rings. The minimum absolute atomic E-state index is 0.314. The van der Waals surface area contributed by atoms with E-state index >= 15 is 0 Å². The van der Waals surface area contributed by atoms with E-state index in [0.29, 0.717) is 29.0 Å². The van der Waals surface area contributed by atoms with E-state index in [4.69, 9.17) is 4.43 Å². The fraction of sp³-hybridized carbons (Fsp3) is 0.773. The van der Waals surface area contributed by atoms with Crippen LogP contribution in [0.15, 0.2) is 12.2 Å². The van der Waals surface area contributed by atoms with E-state index in [0.717, 1.165) is 38.5 Å². The molecule has 0 saturated heterocycles. The number of carbonyl (C=O) groups is 1. The summed E-state index contributed by atoms with van der Waals surface area (Å²) in [4.78, 5) is 10.2. The maximum Gasteiger partial charge on any atom is 0.200 e. The first-order valence-corrected chi connectivity index (χ1v) is 12.1. The first-order chi connectivity index (χ1) is 11.7. The predicted octanol–water partition coefficient (Wildman–Crippen LogP) is 6.67. The summed E-state index contributed by atoms with van der Waals surface area (Å²) in [7, 11) is -1.85. The molecule has 0 bridgehead atoms. The Bertz CT molecular complexity index is 433. The van der Waals surface area contributed by atoms with Crippen LogP contribution in [-0.2, 0) is 9.22 Å². The quantitative estimate of drug-likeness (QED) is 0.127. The van der Waals surface area contributed by atoms with Crippen molar-refractivity contribution in [1.29, 1.82) is 0 Å². The van der Waals surface area contributed by atoms with Crippen molar-refractivity contribution in [2.45, 2.75) is 110 Å².